The second-order valence-corrected chi connectivity index (χ2v) is 6.91. The molecule has 2 heterocycles. The first kappa shape index (κ1) is 17.1. The molecule has 0 saturated heterocycles. The van der Waals surface area contributed by atoms with Crippen molar-refractivity contribution in [2.24, 2.45) is 0 Å². The van der Waals surface area contributed by atoms with Crippen LogP contribution in [-0.4, -0.2) is 30.7 Å². The third kappa shape index (κ3) is 3.83. The number of nitrogens with zero attached hydrogens (tertiary/aromatic N) is 3. The van der Waals surface area contributed by atoms with Crippen molar-refractivity contribution in [3.63, 3.8) is 0 Å². The summed E-state index contributed by atoms with van der Waals surface area (Å²) in [5.74, 6) is 1.08. The molecule has 1 aromatic carbocycles. The van der Waals surface area contributed by atoms with Crippen LogP contribution in [0.1, 0.15) is 11.6 Å². The molecular formula is C16H16N4O4S. The minimum Gasteiger partial charge on any atom is -0.496 e. The molecule has 0 aliphatic rings. The summed E-state index contributed by atoms with van der Waals surface area (Å²) in [4.78, 5) is 8.29. The van der Waals surface area contributed by atoms with Gasteiger partial charge >= 0.3 is 0 Å². The zero-order valence-corrected chi connectivity index (χ0v) is 14.4. The summed E-state index contributed by atoms with van der Waals surface area (Å²) in [6, 6.07) is 9.75. The highest BCUT2D eigenvalue weighted by Gasteiger charge is 2.19. The molecule has 9 heteroatoms. The zero-order chi connectivity index (χ0) is 17.9. The Labute approximate surface area is 144 Å². The summed E-state index contributed by atoms with van der Waals surface area (Å²) in [6.07, 6.45) is 1.60. The second kappa shape index (κ2) is 6.99. The highest BCUT2D eigenvalue weighted by molar-refractivity contribution is 7.89. The van der Waals surface area contributed by atoms with Crippen molar-refractivity contribution >= 4 is 10.0 Å². The van der Waals surface area contributed by atoms with Crippen LogP contribution in [0.2, 0.25) is 0 Å². The predicted molar refractivity (Wildman–Crippen MR) is 89.3 cm³/mol. The minimum absolute atomic E-state index is 0.0710. The van der Waals surface area contributed by atoms with Gasteiger partial charge in [0.1, 0.15) is 5.75 Å². The van der Waals surface area contributed by atoms with Gasteiger partial charge in [-0.15, -0.1) is 0 Å². The summed E-state index contributed by atoms with van der Waals surface area (Å²) in [5.41, 5.74) is 1.05. The van der Waals surface area contributed by atoms with Gasteiger partial charge in [-0.1, -0.05) is 11.2 Å². The lowest BCUT2D eigenvalue weighted by atomic mass is 10.2. The van der Waals surface area contributed by atoms with Crippen molar-refractivity contribution in [1.82, 2.24) is 19.8 Å². The molecule has 25 heavy (non-hydrogen) atoms. The fraction of sp³-hybridized carbons (Fsp3) is 0.188. The zero-order valence-electron chi connectivity index (χ0n) is 13.6. The van der Waals surface area contributed by atoms with Crippen LogP contribution in [0, 0.1) is 6.92 Å². The second-order valence-electron chi connectivity index (χ2n) is 5.14. The monoisotopic (exact) mass is 360 g/mol. The molecule has 0 saturated carbocycles. The molecule has 0 unspecified atom stereocenters. The van der Waals surface area contributed by atoms with Crippen molar-refractivity contribution in [1.29, 1.82) is 0 Å². The summed E-state index contributed by atoms with van der Waals surface area (Å²) < 4.78 is 37.8. The van der Waals surface area contributed by atoms with Crippen LogP contribution in [0.15, 0.2) is 52.0 Å². The third-order valence-electron chi connectivity index (χ3n) is 3.42. The Morgan fingerprint density at radius 1 is 1.24 bits per heavy atom. The molecule has 0 amide bonds. The average molecular weight is 360 g/mol. The molecule has 1 N–H and O–H groups in total. The molecule has 130 valence electrons. The van der Waals surface area contributed by atoms with Gasteiger partial charge in [0.15, 0.2) is 0 Å². The van der Waals surface area contributed by atoms with Crippen LogP contribution in [0.5, 0.6) is 5.75 Å². The lowest BCUT2D eigenvalue weighted by molar-refractivity contribution is 0.392. The molecule has 0 aliphatic carbocycles. The molecule has 0 bridgehead atoms. The molecule has 8 nitrogen and oxygen atoms in total. The highest BCUT2D eigenvalue weighted by Crippen LogP contribution is 2.30. The molecule has 0 aliphatic heterocycles. The third-order valence-corrected chi connectivity index (χ3v) is 4.82. The van der Waals surface area contributed by atoms with E-state index in [0.29, 0.717) is 22.9 Å². The van der Waals surface area contributed by atoms with Gasteiger partial charge in [0, 0.05) is 13.1 Å². The summed E-state index contributed by atoms with van der Waals surface area (Å²) >= 11 is 0. The fourth-order valence-electron chi connectivity index (χ4n) is 2.19. The van der Waals surface area contributed by atoms with Gasteiger partial charge in [-0.05, 0) is 30.3 Å². The molecule has 0 atom stereocenters. The van der Waals surface area contributed by atoms with Crippen LogP contribution in [0.25, 0.3) is 11.4 Å². The number of methoxy groups -OCH3 is 1. The first-order valence-electron chi connectivity index (χ1n) is 7.38. The molecule has 2 aromatic heterocycles. The summed E-state index contributed by atoms with van der Waals surface area (Å²) in [6.45, 7) is 1.74. The Balaban J connectivity index is 1.91. The smallest absolute Gasteiger partial charge is 0.240 e. The SMILES string of the molecule is COc1ccc(S(=O)(=O)NCc2ccccn2)cc1-c1noc(C)n1. The van der Waals surface area contributed by atoms with Crippen molar-refractivity contribution in [3.8, 4) is 17.1 Å². The molecule has 0 radical (unpaired) electrons. The number of hydrogen-bond acceptors (Lipinski definition) is 7. The Kier molecular flexibility index (Phi) is 4.77. The minimum atomic E-state index is -3.74. The number of sulfonamides is 1. The number of nitrogens with one attached hydrogen (secondary N) is 1. The van der Waals surface area contributed by atoms with E-state index in [2.05, 4.69) is 19.8 Å². The number of benzene rings is 1. The number of pyridine rings is 1. The van der Waals surface area contributed by atoms with Crippen LogP contribution in [0.3, 0.4) is 0 Å². The van der Waals surface area contributed by atoms with Crippen LogP contribution >= 0.6 is 0 Å². The van der Waals surface area contributed by atoms with E-state index in [9.17, 15) is 8.42 Å². The molecule has 3 rings (SSSR count). The lowest BCUT2D eigenvalue weighted by Crippen LogP contribution is -2.23. The summed E-state index contributed by atoms with van der Waals surface area (Å²) in [7, 11) is -2.25. The fourth-order valence-corrected chi connectivity index (χ4v) is 3.22. The van der Waals surface area contributed by atoms with E-state index in [1.54, 1.807) is 37.4 Å². The first-order chi connectivity index (χ1) is 12.0. The maximum atomic E-state index is 12.5. The first-order valence-corrected chi connectivity index (χ1v) is 8.86. The van der Waals surface area contributed by atoms with Crippen molar-refractivity contribution in [2.75, 3.05) is 7.11 Å². The Hall–Kier alpha value is -2.78. The Bertz CT molecular complexity index is 971. The van der Waals surface area contributed by atoms with Crippen LogP contribution < -0.4 is 9.46 Å². The van der Waals surface area contributed by atoms with E-state index in [0.717, 1.165) is 0 Å². The Morgan fingerprint density at radius 3 is 2.72 bits per heavy atom. The standard InChI is InChI=1S/C16H16N4O4S/c1-11-19-16(20-24-11)14-9-13(6-7-15(14)23-2)25(21,22)18-10-12-5-3-4-8-17-12/h3-9,18H,10H2,1-2H3. The van der Waals surface area contributed by atoms with E-state index in [-0.39, 0.29) is 17.3 Å². The van der Waals surface area contributed by atoms with Crippen molar-refractivity contribution in [3.05, 3.63) is 54.2 Å². The highest BCUT2D eigenvalue weighted by atomic mass is 32.2. The van der Waals surface area contributed by atoms with E-state index in [1.165, 1.54) is 19.2 Å². The van der Waals surface area contributed by atoms with Crippen molar-refractivity contribution in [2.45, 2.75) is 18.4 Å². The number of aromatic nitrogens is 3. The van der Waals surface area contributed by atoms with Gasteiger partial charge in [-0.2, -0.15) is 4.98 Å². The van der Waals surface area contributed by atoms with E-state index in [1.807, 2.05) is 0 Å². The normalized spacial score (nSPS) is 11.4. The van der Waals surface area contributed by atoms with Crippen LogP contribution in [0.4, 0.5) is 0 Å². The van der Waals surface area contributed by atoms with Crippen LogP contribution in [-0.2, 0) is 16.6 Å². The molecule has 0 spiro atoms. The van der Waals surface area contributed by atoms with E-state index >= 15 is 0 Å². The van der Waals surface area contributed by atoms with E-state index < -0.39 is 10.0 Å². The summed E-state index contributed by atoms with van der Waals surface area (Å²) in [5, 5.41) is 3.82. The maximum Gasteiger partial charge on any atom is 0.240 e. The van der Waals surface area contributed by atoms with Gasteiger partial charge in [0.05, 0.1) is 29.8 Å². The maximum absolute atomic E-state index is 12.5. The lowest BCUT2D eigenvalue weighted by Gasteiger charge is -2.10. The molecule has 0 fully saturated rings. The quantitative estimate of drug-likeness (QED) is 0.715. The molecule has 3 aromatic rings. The van der Waals surface area contributed by atoms with Crippen molar-refractivity contribution < 1.29 is 17.7 Å². The van der Waals surface area contributed by atoms with Gasteiger partial charge in [-0.25, -0.2) is 13.1 Å². The van der Waals surface area contributed by atoms with Gasteiger partial charge in [-0.3, -0.25) is 4.98 Å². The number of aryl methyl sites for hydroxylation is 1. The number of rotatable bonds is 6. The largest absolute Gasteiger partial charge is 0.496 e. The molecular weight excluding hydrogens is 344 g/mol. The van der Waals surface area contributed by atoms with Gasteiger partial charge in [0.25, 0.3) is 0 Å². The van der Waals surface area contributed by atoms with E-state index in [4.69, 9.17) is 9.26 Å². The predicted octanol–water partition coefficient (Wildman–Crippen LogP) is 1.93. The topological polar surface area (TPSA) is 107 Å². The number of ether oxygens (including phenoxy) is 1. The van der Waals surface area contributed by atoms with Gasteiger partial charge < -0.3 is 9.26 Å². The Morgan fingerprint density at radius 2 is 2.08 bits per heavy atom. The number of hydrogen-bond donors (Lipinski definition) is 1. The average Bonchev–Trinajstić information content (AvgIpc) is 3.06. The van der Waals surface area contributed by atoms with Gasteiger partial charge in [0.2, 0.25) is 21.7 Å².